The number of hydrogen-bond donors (Lipinski definition) is 3. The van der Waals surface area contributed by atoms with Crippen molar-refractivity contribution in [2.24, 2.45) is 5.92 Å². The summed E-state index contributed by atoms with van der Waals surface area (Å²) in [5.74, 6) is 0.433. The Kier molecular flexibility index (Phi) is 8.37. The molecule has 1 aliphatic heterocycles. The van der Waals surface area contributed by atoms with Crippen molar-refractivity contribution in [3.8, 4) is 22.5 Å². The van der Waals surface area contributed by atoms with Gasteiger partial charge >= 0.3 is 0 Å². The van der Waals surface area contributed by atoms with Crippen LogP contribution in [0.3, 0.4) is 0 Å². The van der Waals surface area contributed by atoms with E-state index in [1.807, 2.05) is 24.3 Å². The number of benzene rings is 1. The average Bonchev–Trinajstić information content (AvgIpc) is 3.57. The molecule has 1 aliphatic rings. The van der Waals surface area contributed by atoms with Crippen molar-refractivity contribution < 1.29 is 4.39 Å². The third-order valence-corrected chi connectivity index (χ3v) is 7.69. The van der Waals surface area contributed by atoms with E-state index in [-0.39, 0.29) is 5.82 Å². The predicted octanol–water partition coefficient (Wildman–Crippen LogP) is 6.34. The number of nitrogens with zero attached hydrogens (tertiary/aromatic N) is 2. The lowest BCUT2D eigenvalue weighted by atomic mass is 9.89. The molecule has 0 bridgehead atoms. The van der Waals surface area contributed by atoms with Crippen LogP contribution in [0.15, 0.2) is 90.3 Å². The van der Waals surface area contributed by atoms with Gasteiger partial charge in [0, 0.05) is 22.4 Å². The van der Waals surface area contributed by atoms with Crippen LogP contribution >= 0.6 is 0 Å². The van der Waals surface area contributed by atoms with Crippen LogP contribution in [0.2, 0.25) is 0 Å². The second kappa shape index (κ2) is 12.3. The molecular formula is C34H36FN5. The summed E-state index contributed by atoms with van der Waals surface area (Å²) in [5, 5.41) is 13.7. The van der Waals surface area contributed by atoms with Gasteiger partial charge in [0.15, 0.2) is 0 Å². The van der Waals surface area contributed by atoms with E-state index in [1.165, 1.54) is 36.1 Å². The lowest BCUT2D eigenvalue weighted by molar-refractivity contribution is 0.374. The van der Waals surface area contributed by atoms with Gasteiger partial charge in [0.1, 0.15) is 11.5 Å². The van der Waals surface area contributed by atoms with E-state index in [0.29, 0.717) is 5.92 Å². The Morgan fingerprint density at radius 3 is 2.75 bits per heavy atom. The number of fused-ring (bicyclic) bond motifs is 1. The molecule has 3 N–H and O–H groups in total. The average molecular weight is 534 g/mol. The van der Waals surface area contributed by atoms with Gasteiger partial charge in [-0.3, -0.25) is 10.1 Å². The fourth-order valence-corrected chi connectivity index (χ4v) is 5.35. The normalized spacial score (nSPS) is 16.2. The summed E-state index contributed by atoms with van der Waals surface area (Å²) in [5.41, 5.74) is 7.66. The van der Waals surface area contributed by atoms with Gasteiger partial charge in [0.25, 0.3) is 0 Å². The minimum atomic E-state index is -0.278. The Morgan fingerprint density at radius 2 is 2.00 bits per heavy atom. The van der Waals surface area contributed by atoms with Crippen molar-refractivity contribution in [3.05, 3.63) is 107 Å². The molecule has 0 radical (unpaired) electrons. The Hall–Kier alpha value is -4.29. The van der Waals surface area contributed by atoms with E-state index in [1.54, 1.807) is 18.5 Å². The lowest BCUT2D eigenvalue weighted by Crippen LogP contribution is -2.27. The number of aromatic nitrogens is 4. The van der Waals surface area contributed by atoms with Crippen LogP contribution in [0.1, 0.15) is 33.1 Å². The molecule has 0 saturated carbocycles. The Balaban J connectivity index is 1.41. The zero-order valence-corrected chi connectivity index (χ0v) is 23.2. The lowest BCUT2D eigenvalue weighted by Gasteiger charge is -2.23. The second-order valence-corrected chi connectivity index (χ2v) is 10.4. The summed E-state index contributed by atoms with van der Waals surface area (Å²) in [6, 6.07) is 8.57. The third-order valence-electron chi connectivity index (χ3n) is 7.69. The molecule has 0 unspecified atom stereocenters. The standard InChI is InChI=1S/C34H36FN5/c1-5-24(16-25-12-14-36-15-13-25)17-26(6-2)22(3)10-11-31-23(4)34(40-39-31)32-19-29-30(20-37-21-33(29)38-32)27-8-7-9-28(35)18-27/h5-11,17-21,25,36,38-39H,1,4,12-16H2,2-3H3/b22-10+,24-17+,26-6+,31-11+. The van der Waals surface area contributed by atoms with Crippen molar-refractivity contribution in [1.29, 1.82) is 0 Å². The number of piperidine rings is 1. The predicted molar refractivity (Wildman–Crippen MR) is 164 cm³/mol. The van der Waals surface area contributed by atoms with Crippen molar-refractivity contribution >= 4 is 23.6 Å². The van der Waals surface area contributed by atoms with Crippen molar-refractivity contribution in [1.82, 2.24) is 25.5 Å². The van der Waals surface area contributed by atoms with E-state index in [2.05, 4.69) is 70.7 Å². The summed E-state index contributed by atoms with van der Waals surface area (Å²) in [7, 11) is 0. The first-order chi connectivity index (χ1) is 19.5. The van der Waals surface area contributed by atoms with Gasteiger partial charge in [-0.2, -0.15) is 5.10 Å². The smallest absolute Gasteiger partial charge is 0.123 e. The van der Waals surface area contributed by atoms with Crippen LogP contribution in [0.4, 0.5) is 4.39 Å². The zero-order chi connectivity index (χ0) is 28.1. The van der Waals surface area contributed by atoms with Crippen molar-refractivity contribution in [2.75, 3.05) is 13.1 Å². The minimum Gasteiger partial charge on any atom is -0.352 e. The van der Waals surface area contributed by atoms with Crippen LogP contribution in [-0.2, 0) is 0 Å². The van der Waals surface area contributed by atoms with Crippen LogP contribution in [-0.4, -0.2) is 33.3 Å². The van der Waals surface area contributed by atoms with E-state index in [4.69, 9.17) is 0 Å². The Labute approximate surface area is 234 Å². The molecule has 3 aromatic heterocycles. The van der Waals surface area contributed by atoms with Crippen LogP contribution in [0.5, 0.6) is 0 Å². The van der Waals surface area contributed by atoms with Gasteiger partial charge < -0.3 is 10.3 Å². The highest BCUT2D eigenvalue weighted by atomic mass is 19.1. The minimum absolute atomic E-state index is 0.278. The molecule has 1 fully saturated rings. The third kappa shape index (κ3) is 5.97. The van der Waals surface area contributed by atoms with E-state index in [0.717, 1.165) is 69.1 Å². The van der Waals surface area contributed by atoms with E-state index in [9.17, 15) is 4.39 Å². The number of rotatable bonds is 8. The molecule has 5 nitrogen and oxygen atoms in total. The molecule has 5 rings (SSSR count). The number of aromatic amines is 2. The highest BCUT2D eigenvalue weighted by Gasteiger charge is 2.14. The summed E-state index contributed by atoms with van der Waals surface area (Å²) >= 11 is 0. The highest BCUT2D eigenvalue weighted by molar-refractivity contribution is 5.97. The van der Waals surface area contributed by atoms with E-state index < -0.39 is 0 Å². The van der Waals surface area contributed by atoms with Gasteiger partial charge in [-0.15, -0.1) is 0 Å². The topological polar surface area (TPSA) is 69.4 Å². The van der Waals surface area contributed by atoms with E-state index >= 15 is 0 Å². The Bertz CT molecular complexity index is 1730. The number of nitrogens with one attached hydrogen (secondary N) is 3. The fourth-order valence-electron chi connectivity index (χ4n) is 5.35. The SMILES string of the molecule is C=C\C(=C/C(=C\C)C(/C)=C/C=c1/[nH]nc(-c2cc3c(-c4cccc(F)c4)cncc3[nH]2)c1=C)CC1CCNCC1. The monoisotopic (exact) mass is 533 g/mol. The fraction of sp³-hybridized carbons (Fsp3) is 0.235. The maximum atomic E-state index is 13.9. The van der Waals surface area contributed by atoms with Gasteiger partial charge in [-0.05, 0) is 98.7 Å². The Morgan fingerprint density at radius 1 is 1.18 bits per heavy atom. The zero-order valence-electron chi connectivity index (χ0n) is 23.2. The largest absolute Gasteiger partial charge is 0.352 e. The maximum absolute atomic E-state index is 13.9. The molecule has 204 valence electrons. The highest BCUT2D eigenvalue weighted by Crippen LogP contribution is 2.30. The molecule has 1 saturated heterocycles. The first-order valence-corrected chi connectivity index (χ1v) is 13.8. The first kappa shape index (κ1) is 27.3. The summed E-state index contributed by atoms with van der Waals surface area (Å²) in [6.07, 6.45) is 17.5. The molecule has 1 aromatic carbocycles. The summed E-state index contributed by atoms with van der Waals surface area (Å²) < 4.78 is 13.9. The molecule has 0 atom stereocenters. The van der Waals surface area contributed by atoms with Gasteiger partial charge in [-0.25, -0.2) is 4.39 Å². The van der Waals surface area contributed by atoms with Gasteiger partial charge in [-0.1, -0.05) is 49.6 Å². The molecule has 0 spiro atoms. The number of hydrogen-bond acceptors (Lipinski definition) is 3. The van der Waals surface area contributed by atoms with Crippen LogP contribution in [0, 0.1) is 11.7 Å². The number of allylic oxidation sites excluding steroid dienone is 7. The first-order valence-electron chi connectivity index (χ1n) is 13.8. The molecule has 4 aromatic rings. The van der Waals surface area contributed by atoms with Gasteiger partial charge in [0.05, 0.1) is 22.8 Å². The summed E-state index contributed by atoms with van der Waals surface area (Å²) in [4.78, 5) is 7.76. The quantitative estimate of drug-likeness (QED) is 0.231. The molecule has 6 heteroatoms. The van der Waals surface area contributed by atoms with Crippen LogP contribution < -0.4 is 15.9 Å². The number of H-pyrrole nitrogens is 2. The number of pyridine rings is 1. The van der Waals surface area contributed by atoms with Crippen LogP contribution in [0.25, 0.3) is 46.1 Å². The molecular weight excluding hydrogens is 497 g/mol. The van der Waals surface area contributed by atoms with Crippen molar-refractivity contribution in [3.63, 3.8) is 0 Å². The second-order valence-electron chi connectivity index (χ2n) is 10.4. The molecule has 40 heavy (non-hydrogen) atoms. The molecule has 0 aliphatic carbocycles. The maximum Gasteiger partial charge on any atom is 0.123 e. The number of halogens is 1. The summed E-state index contributed by atoms with van der Waals surface area (Å²) in [6.45, 7) is 14.8. The molecule has 0 amide bonds. The molecule has 4 heterocycles. The van der Waals surface area contributed by atoms with Gasteiger partial charge in [0.2, 0.25) is 0 Å². The van der Waals surface area contributed by atoms with Crippen molar-refractivity contribution in [2.45, 2.75) is 33.1 Å².